The molecule has 19 heavy (non-hydrogen) atoms. The van der Waals surface area contributed by atoms with Crippen LogP contribution in [-0.2, 0) is 14.3 Å². The number of carbonyl (C=O) groups excluding carboxylic acids is 1. The Hall–Kier alpha value is -1.34. The Morgan fingerprint density at radius 2 is 1.89 bits per heavy atom. The van der Waals surface area contributed by atoms with Gasteiger partial charge in [0.15, 0.2) is 5.96 Å². The summed E-state index contributed by atoms with van der Waals surface area (Å²) in [7, 11) is 4.90. The topological polar surface area (TPSA) is 84.0 Å². The Bertz CT molecular complexity index is 293. The second-order valence-corrected chi connectivity index (χ2v) is 4.59. The molecule has 3 N–H and O–H groups in total. The van der Waals surface area contributed by atoms with Crippen molar-refractivity contribution in [2.45, 2.75) is 19.4 Å². The van der Waals surface area contributed by atoms with Crippen molar-refractivity contribution in [3.05, 3.63) is 0 Å². The van der Waals surface area contributed by atoms with Gasteiger partial charge in [-0.05, 0) is 13.8 Å². The van der Waals surface area contributed by atoms with Crippen LogP contribution in [0.1, 0.15) is 13.8 Å². The number of nitrogens with one attached hydrogen (secondary N) is 3. The van der Waals surface area contributed by atoms with Gasteiger partial charge in [-0.15, -0.1) is 0 Å². The fourth-order valence-corrected chi connectivity index (χ4v) is 1.11. The highest BCUT2D eigenvalue weighted by molar-refractivity contribution is 5.86. The third-order valence-corrected chi connectivity index (χ3v) is 2.50. The van der Waals surface area contributed by atoms with Gasteiger partial charge in [0.25, 0.3) is 0 Å². The minimum atomic E-state index is -0.293. The van der Waals surface area contributed by atoms with Gasteiger partial charge in [-0.25, -0.2) is 0 Å². The molecule has 0 saturated carbocycles. The highest BCUT2D eigenvalue weighted by Gasteiger charge is 2.16. The number of carbonyl (C=O) groups is 1. The summed E-state index contributed by atoms with van der Waals surface area (Å²) in [6.07, 6.45) is 0. The van der Waals surface area contributed by atoms with Gasteiger partial charge in [-0.2, -0.15) is 0 Å². The van der Waals surface area contributed by atoms with Gasteiger partial charge in [0.1, 0.15) is 0 Å². The number of ether oxygens (including phenoxy) is 2. The minimum Gasteiger partial charge on any atom is -0.383 e. The lowest BCUT2D eigenvalue weighted by Crippen LogP contribution is -2.48. The van der Waals surface area contributed by atoms with E-state index in [0.717, 1.165) is 0 Å². The minimum absolute atomic E-state index is 0.106. The Kier molecular flexibility index (Phi) is 8.90. The van der Waals surface area contributed by atoms with Crippen LogP contribution in [0.15, 0.2) is 4.99 Å². The van der Waals surface area contributed by atoms with E-state index in [1.54, 1.807) is 21.3 Å². The van der Waals surface area contributed by atoms with Crippen molar-refractivity contribution in [3.8, 4) is 0 Å². The first kappa shape index (κ1) is 17.7. The van der Waals surface area contributed by atoms with Gasteiger partial charge < -0.3 is 25.4 Å². The molecular weight excluding hydrogens is 248 g/mol. The predicted octanol–water partition coefficient (Wildman–Crippen LogP) is -0.661. The molecule has 0 aromatic rings. The van der Waals surface area contributed by atoms with Crippen molar-refractivity contribution in [2.75, 3.05) is 47.5 Å². The number of methoxy groups -OCH3 is 2. The molecule has 0 aliphatic rings. The third-order valence-electron chi connectivity index (χ3n) is 2.50. The molecule has 0 aliphatic carbocycles. The van der Waals surface area contributed by atoms with E-state index in [4.69, 9.17) is 9.47 Å². The summed E-state index contributed by atoms with van der Waals surface area (Å²) in [5, 5.41) is 8.73. The second-order valence-electron chi connectivity index (χ2n) is 4.59. The van der Waals surface area contributed by atoms with E-state index in [2.05, 4.69) is 20.9 Å². The molecule has 0 bridgehead atoms. The zero-order chi connectivity index (χ0) is 14.7. The highest BCUT2D eigenvalue weighted by atomic mass is 16.5. The average Bonchev–Trinajstić information content (AvgIpc) is 2.39. The van der Waals surface area contributed by atoms with Crippen LogP contribution in [0.25, 0.3) is 0 Å². The van der Waals surface area contributed by atoms with Gasteiger partial charge >= 0.3 is 0 Å². The molecular formula is C12H26N4O3. The molecule has 112 valence electrons. The van der Waals surface area contributed by atoms with Crippen molar-refractivity contribution in [2.24, 2.45) is 4.99 Å². The summed E-state index contributed by atoms with van der Waals surface area (Å²) in [6, 6.07) is 0. The molecule has 1 amide bonds. The molecule has 0 spiro atoms. The normalized spacial score (nSPS) is 12.2. The number of aliphatic imine (C=N–C) groups is 1. The molecule has 0 atom stereocenters. The average molecular weight is 274 g/mol. The van der Waals surface area contributed by atoms with Crippen LogP contribution in [0, 0.1) is 0 Å². The van der Waals surface area contributed by atoms with Gasteiger partial charge in [0.05, 0.1) is 18.8 Å². The maximum absolute atomic E-state index is 11.5. The molecule has 0 saturated heterocycles. The van der Waals surface area contributed by atoms with E-state index in [9.17, 15) is 4.79 Å². The molecule has 0 unspecified atom stereocenters. The standard InChI is InChI=1S/C12H26N4O3/c1-12(2,19-5)9-16-11(13-3)15-8-10(17)14-6-7-18-4/h6-9H2,1-5H3,(H,14,17)(H2,13,15,16). The number of hydrogen-bond donors (Lipinski definition) is 3. The first-order valence-corrected chi connectivity index (χ1v) is 6.20. The van der Waals surface area contributed by atoms with Crippen LogP contribution in [0.2, 0.25) is 0 Å². The Morgan fingerprint density at radius 1 is 1.21 bits per heavy atom. The molecule has 0 rings (SSSR count). The molecule has 0 fully saturated rings. The summed E-state index contributed by atoms with van der Waals surface area (Å²) in [5.41, 5.74) is -0.293. The number of rotatable bonds is 8. The van der Waals surface area contributed by atoms with Crippen LogP contribution in [0.4, 0.5) is 0 Å². The molecule has 0 heterocycles. The monoisotopic (exact) mass is 274 g/mol. The molecule has 7 heteroatoms. The zero-order valence-electron chi connectivity index (χ0n) is 12.5. The largest absolute Gasteiger partial charge is 0.383 e. The van der Waals surface area contributed by atoms with E-state index in [1.807, 2.05) is 13.8 Å². The fraction of sp³-hybridized carbons (Fsp3) is 0.833. The van der Waals surface area contributed by atoms with Crippen LogP contribution in [0.5, 0.6) is 0 Å². The lowest BCUT2D eigenvalue weighted by Gasteiger charge is -2.24. The van der Waals surface area contributed by atoms with Crippen molar-refractivity contribution < 1.29 is 14.3 Å². The predicted molar refractivity (Wildman–Crippen MR) is 75.3 cm³/mol. The van der Waals surface area contributed by atoms with E-state index in [-0.39, 0.29) is 18.1 Å². The van der Waals surface area contributed by atoms with Gasteiger partial charge in [-0.3, -0.25) is 9.79 Å². The van der Waals surface area contributed by atoms with Gasteiger partial charge in [0.2, 0.25) is 5.91 Å². The SMILES string of the molecule is CN=C(NCC(=O)NCCOC)NCC(C)(C)OC. The Morgan fingerprint density at radius 3 is 2.42 bits per heavy atom. The molecule has 0 aromatic heterocycles. The number of amides is 1. The van der Waals surface area contributed by atoms with Gasteiger partial charge in [0, 0.05) is 34.4 Å². The van der Waals surface area contributed by atoms with Crippen molar-refractivity contribution in [3.63, 3.8) is 0 Å². The third kappa shape index (κ3) is 9.26. The number of nitrogens with zero attached hydrogens (tertiary/aromatic N) is 1. The molecule has 0 aliphatic heterocycles. The van der Waals surface area contributed by atoms with E-state index in [0.29, 0.717) is 25.7 Å². The smallest absolute Gasteiger partial charge is 0.239 e. The molecule has 7 nitrogen and oxygen atoms in total. The van der Waals surface area contributed by atoms with Crippen LogP contribution in [0.3, 0.4) is 0 Å². The van der Waals surface area contributed by atoms with Crippen LogP contribution in [-0.4, -0.2) is 65.0 Å². The fourth-order valence-electron chi connectivity index (χ4n) is 1.11. The van der Waals surface area contributed by atoms with Crippen LogP contribution >= 0.6 is 0 Å². The number of hydrogen-bond acceptors (Lipinski definition) is 4. The van der Waals surface area contributed by atoms with E-state index in [1.165, 1.54) is 0 Å². The van der Waals surface area contributed by atoms with Crippen molar-refractivity contribution in [1.82, 2.24) is 16.0 Å². The summed E-state index contributed by atoms with van der Waals surface area (Å²) < 4.78 is 10.1. The summed E-state index contributed by atoms with van der Waals surface area (Å²) in [6.45, 7) is 5.68. The second kappa shape index (κ2) is 9.57. The Labute approximate surface area is 115 Å². The zero-order valence-corrected chi connectivity index (χ0v) is 12.5. The lowest BCUT2D eigenvalue weighted by atomic mass is 10.1. The van der Waals surface area contributed by atoms with Crippen LogP contribution < -0.4 is 16.0 Å². The quantitative estimate of drug-likeness (QED) is 0.311. The first-order chi connectivity index (χ1) is 8.95. The molecule has 0 aromatic carbocycles. The highest BCUT2D eigenvalue weighted by Crippen LogP contribution is 2.04. The Balaban J connectivity index is 3.92. The lowest BCUT2D eigenvalue weighted by molar-refractivity contribution is -0.120. The van der Waals surface area contributed by atoms with Crippen molar-refractivity contribution >= 4 is 11.9 Å². The van der Waals surface area contributed by atoms with Crippen molar-refractivity contribution in [1.29, 1.82) is 0 Å². The molecule has 0 radical (unpaired) electrons. The van der Waals surface area contributed by atoms with E-state index >= 15 is 0 Å². The summed E-state index contributed by atoms with van der Waals surface area (Å²) in [5.74, 6) is 0.456. The summed E-state index contributed by atoms with van der Waals surface area (Å²) >= 11 is 0. The first-order valence-electron chi connectivity index (χ1n) is 6.20. The maximum Gasteiger partial charge on any atom is 0.239 e. The summed E-state index contributed by atoms with van der Waals surface area (Å²) in [4.78, 5) is 15.5. The van der Waals surface area contributed by atoms with E-state index < -0.39 is 0 Å². The van der Waals surface area contributed by atoms with Gasteiger partial charge in [-0.1, -0.05) is 0 Å². The number of guanidine groups is 1. The maximum atomic E-state index is 11.5.